The molecule has 1 aromatic heterocycles. The van der Waals surface area contributed by atoms with Gasteiger partial charge in [0.2, 0.25) is 5.89 Å². The summed E-state index contributed by atoms with van der Waals surface area (Å²) >= 11 is 0. The van der Waals surface area contributed by atoms with Crippen LogP contribution in [0.15, 0.2) is 4.52 Å². The molecule has 0 spiro atoms. The van der Waals surface area contributed by atoms with Crippen LogP contribution in [-0.4, -0.2) is 32.9 Å². The van der Waals surface area contributed by atoms with Gasteiger partial charge in [-0.2, -0.15) is 4.98 Å². The molecule has 1 atom stereocenters. The van der Waals surface area contributed by atoms with E-state index in [0.717, 1.165) is 0 Å². The highest BCUT2D eigenvalue weighted by Crippen LogP contribution is 2.05. The van der Waals surface area contributed by atoms with Crippen molar-refractivity contribution in [1.82, 2.24) is 10.1 Å². The molecule has 7 nitrogen and oxygen atoms in total. The third-order valence-corrected chi connectivity index (χ3v) is 1.15. The number of nitrogens with two attached hydrogens (primary N) is 1. The van der Waals surface area contributed by atoms with Crippen LogP contribution < -0.4 is 5.73 Å². The average Bonchev–Trinajstić information content (AvgIpc) is 2.51. The number of rotatable bonds is 3. The van der Waals surface area contributed by atoms with E-state index in [1.807, 2.05) is 0 Å². The standard InChI is InChI=1S/C5H7N3O4/c6-2(1-9)4-7-3(5(10)11)8-12-4/h2,9H,1,6H2,(H,10,11)/t2-/m0/s1. The maximum Gasteiger partial charge on any atom is 0.377 e. The Kier molecular flexibility index (Phi) is 2.36. The molecule has 0 aliphatic heterocycles. The van der Waals surface area contributed by atoms with Gasteiger partial charge in [-0.25, -0.2) is 4.79 Å². The van der Waals surface area contributed by atoms with E-state index in [0.29, 0.717) is 0 Å². The quantitative estimate of drug-likeness (QED) is 0.522. The maximum absolute atomic E-state index is 10.2. The van der Waals surface area contributed by atoms with Gasteiger partial charge in [0.05, 0.1) is 6.61 Å². The van der Waals surface area contributed by atoms with Crippen molar-refractivity contribution in [2.75, 3.05) is 6.61 Å². The van der Waals surface area contributed by atoms with Crippen molar-refractivity contribution >= 4 is 5.97 Å². The molecule has 0 aromatic carbocycles. The zero-order chi connectivity index (χ0) is 9.14. The fourth-order valence-corrected chi connectivity index (χ4v) is 0.551. The summed E-state index contributed by atoms with van der Waals surface area (Å²) in [5.41, 5.74) is 5.27. The summed E-state index contributed by atoms with van der Waals surface area (Å²) in [5, 5.41) is 20.0. The van der Waals surface area contributed by atoms with Gasteiger partial charge >= 0.3 is 5.97 Å². The average molecular weight is 173 g/mol. The Morgan fingerprint density at radius 2 is 2.42 bits per heavy atom. The number of carboxylic acids is 1. The Morgan fingerprint density at radius 3 is 2.83 bits per heavy atom. The third-order valence-electron chi connectivity index (χ3n) is 1.15. The highest BCUT2D eigenvalue weighted by atomic mass is 16.5. The normalized spacial score (nSPS) is 12.8. The summed E-state index contributed by atoms with van der Waals surface area (Å²) in [4.78, 5) is 13.7. The van der Waals surface area contributed by atoms with Gasteiger partial charge in [0.25, 0.3) is 5.82 Å². The fraction of sp³-hybridized carbons (Fsp3) is 0.400. The Balaban J connectivity index is 2.84. The summed E-state index contributed by atoms with van der Waals surface area (Å²) in [6.07, 6.45) is 0. The minimum atomic E-state index is -1.30. The summed E-state index contributed by atoms with van der Waals surface area (Å²) in [6.45, 7) is -0.374. The molecule has 1 heterocycles. The van der Waals surface area contributed by atoms with Crippen molar-refractivity contribution in [2.24, 2.45) is 5.73 Å². The van der Waals surface area contributed by atoms with Crippen LogP contribution in [0.4, 0.5) is 0 Å². The van der Waals surface area contributed by atoms with E-state index in [1.54, 1.807) is 0 Å². The second-order valence-electron chi connectivity index (χ2n) is 2.05. The van der Waals surface area contributed by atoms with Crippen molar-refractivity contribution in [3.63, 3.8) is 0 Å². The number of carbonyl (C=O) groups is 1. The Bertz CT molecular complexity index is 284. The summed E-state index contributed by atoms with van der Waals surface area (Å²) < 4.78 is 4.45. The molecular formula is C5H7N3O4. The Labute approximate surface area is 66.8 Å². The molecule has 0 radical (unpaired) electrons. The first-order chi connectivity index (χ1) is 5.65. The molecule has 12 heavy (non-hydrogen) atoms. The molecule has 7 heteroatoms. The van der Waals surface area contributed by atoms with Crippen molar-refractivity contribution in [3.05, 3.63) is 11.7 Å². The molecule has 1 rings (SSSR count). The van der Waals surface area contributed by atoms with Gasteiger partial charge in [0, 0.05) is 0 Å². The number of aliphatic hydroxyl groups is 1. The minimum absolute atomic E-state index is 0.0881. The molecule has 0 unspecified atom stereocenters. The van der Waals surface area contributed by atoms with Gasteiger partial charge < -0.3 is 20.5 Å². The first-order valence-electron chi connectivity index (χ1n) is 3.08. The molecular weight excluding hydrogens is 166 g/mol. The molecule has 0 aliphatic rings. The first kappa shape index (κ1) is 8.62. The maximum atomic E-state index is 10.2. The largest absolute Gasteiger partial charge is 0.475 e. The Morgan fingerprint density at radius 1 is 1.75 bits per heavy atom. The number of hydrogen-bond acceptors (Lipinski definition) is 6. The topological polar surface area (TPSA) is 122 Å². The second-order valence-corrected chi connectivity index (χ2v) is 2.05. The van der Waals surface area contributed by atoms with E-state index in [2.05, 4.69) is 14.7 Å². The van der Waals surface area contributed by atoms with Crippen LogP contribution in [0.1, 0.15) is 22.6 Å². The minimum Gasteiger partial charge on any atom is -0.475 e. The monoisotopic (exact) mass is 173 g/mol. The van der Waals surface area contributed by atoms with E-state index in [-0.39, 0.29) is 12.5 Å². The van der Waals surface area contributed by atoms with E-state index >= 15 is 0 Å². The van der Waals surface area contributed by atoms with Crippen molar-refractivity contribution in [1.29, 1.82) is 0 Å². The van der Waals surface area contributed by atoms with Crippen LogP contribution in [0.2, 0.25) is 0 Å². The van der Waals surface area contributed by atoms with Crippen LogP contribution in [0, 0.1) is 0 Å². The lowest BCUT2D eigenvalue weighted by atomic mass is 10.3. The van der Waals surface area contributed by atoms with Crippen LogP contribution in [0.5, 0.6) is 0 Å². The SMILES string of the molecule is N[C@@H](CO)c1nc(C(=O)O)no1. The van der Waals surface area contributed by atoms with Crippen LogP contribution >= 0.6 is 0 Å². The number of aromatic carboxylic acids is 1. The van der Waals surface area contributed by atoms with Gasteiger partial charge in [0.15, 0.2) is 0 Å². The van der Waals surface area contributed by atoms with Gasteiger partial charge in [0.1, 0.15) is 6.04 Å². The van der Waals surface area contributed by atoms with Gasteiger partial charge in [-0.1, -0.05) is 0 Å². The van der Waals surface area contributed by atoms with Crippen molar-refractivity contribution in [3.8, 4) is 0 Å². The number of nitrogens with zero attached hydrogens (tertiary/aromatic N) is 2. The predicted molar refractivity (Wildman–Crippen MR) is 35.3 cm³/mol. The third kappa shape index (κ3) is 1.57. The molecule has 1 aromatic rings. The molecule has 0 saturated heterocycles. The lowest BCUT2D eigenvalue weighted by Crippen LogP contribution is -2.15. The van der Waals surface area contributed by atoms with Crippen LogP contribution in [0.25, 0.3) is 0 Å². The number of aliphatic hydroxyl groups excluding tert-OH is 1. The summed E-state index contributed by atoms with van der Waals surface area (Å²) in [7, 11) is 0. The van der Waals surface area contributed by atoms with Crippen molar-refractivity contribution in [2.45, 2.75) is 6.04 Å². The van der Waals surface area contributed by atoms with Gasteiger partial charge in [-0.05, 0) is 5.16 Å². The number of carboxylic acid groups (broad SMARTS) is 1. The highest BCUT2D eigenvalue weighted by molar-refractivity contribution is 5.82. The molecule has 66 valence electrons. The van der Waals surface area contributed by atoms with Crippen LogP contribution in [0.3, 0.4) is 0 Å². The summed E-state index contributed by atoms with van der Waals surface area (Å²) in [6, 6.07) is -0.828. The molecule has 4 N–H and O–H groups in total. The fourth-order valence-electron chi connectivity index (χ4n) is 0.551. The van der Waals surface area contributed by atoms with Crippen molar-refractivity contribution < 1.29 is 19.5 Å². The summed E-state index contributed by atoms with van der Waals surface area (Å²) in [5.74, 6) is -1.85. The Hall–Kier alpha value is -1.47. The van der Waals surface area contributed by atoms with E-state index in [9.17, 15) is 4.79 Å². The van der Waals surface area contributed by atoms with E-state index in [1.165, 1.54) is 0 Å². The number of hydrogen-bond donors (Lipinski definition) is 3. The molecule has 0 bridgehead atoms. The first-order valence-corrected chi connectivity index (χ1v) is 3.08. The van der Waals surface area contributed by atoms with Crippen LogP contribution in [-0.2, 0) is 0 Å². The van der Waals surface area contributed by atoms with Gasteiger partial charge in [-0.3, -0.25) is 0 Å². The zero-order valence-electron chi connectivity index (χ0n) is 5.97. The number of aromatic nitrogens is 2. The molecule has 0 aliphatic carbocycles. The lowest BCUT2D eigenvalue weighted by Gasteiger charge is -1.97. The molecule has 0 amide bonds. The highest BCUT2D eigenvalue weighted by Gasteiger charge is 2.17. The lowest BCUT2D eigenvalue weighted by molar-refractivity contribution is 0.0680. The second kappa shape index (κ2) is 3.28. The molecule has 0 saturated carbocycles. The van der Waals surface area contributed by atoms with E-state index in [4.69, 9.17) is 15.9 Å². The van der Waals surface area contributed by atoms with E-state index < -0.39 is 17.8 Å². The smallest absolute Gasteiger partial charge is 0.377 e. The molecule has 0 fully saturated rings. The van der Waals surface area contributed by atoms with Gasteiger partial charge in [-0.15, -0.1) is 0 Å². The zero-order valence-corrected chi connectivity index (χ0v) is 5.97. The predicted octanol–water partition coefficient (Wildman–Crippen LogP) is -1.24.